The van der Waals surface area contributed by atoms with Gasteiger partial charge >= 0.3 is 6.09 Å². The highest BCUT2D eigenvalue weighted by Gasteiger charge is 2.43. The van der Waals surface area contributed by atoms with Crippen molar-refractivity contribution in [2.24, 2.45) is 5.41 Å². The van der Waals surface area contributed by atoms with Crippen molar-refractivity contribution in [3.05, 3.63) is 48.4 Å². The fraction of sp³-hybridized carbons (Fsp3) is 0.480. The maximum atomic E-state index is 13.0. The number of carboxylic acid groups (broad SMARTS) is 1. The van der Waals surface area contributed by atoms with E-state index in [1.54, 1.807) is 6.07 Å². The summed E-state index contributed by atoms with van der Waals surface area (Å²) in [7, 11) is 0. The molecule has 2 aromatic rings. The lowest BCUT2D eigenvalue weighted by molar-refractivity contribution is -0.121. The Morgan fingerprint density at radius 1 is 1.24 bits per heavy atom. The molecule has 1 unspecified atom stereocenters. The third kappa shape index (κ3) is 6.28. The maximum absolute atomic E-state index is 13.0. The highest BCUT2D eigenvalue weighted by atomic mass is 16.4. The summed E-state index contributed by atoms with van der Waals surface area (Å²) in [5.41, 5.74) is -0.00286. The quantitative estimate of drug-likeness (QED) is 0.344. The van der Waals surface area contributed by atoms with Crippen LogP contribution in [0.25, 0.3) is 11.5 Å². The lowest BCUT2D eigenvalue weighted by Gasteiger charge is -2.43. The zero-order chi connectivity index (χ0) is 24.6. The molecule has 2 atom stereocenters. The molecule has 176 valence electrons. The molecule has 0 aliphatic carbocycles. The molecule has 33 heavy (non-hydrogen) atoms. The van der Waals surface area contributed by atoms with Gasteiger partial charge < -0.3 is 9.52 Å². The Bertz CT molecular complexity index is 1010. The van der Waals surface area contributed by atoms with Crippen LogP contribution < -0.4 is 0 Å². The summed E-state index contributed by atoms with van der Waals surface area (Å²) in [6, 6.07) is 9.43. The molecule has 0 fully saturated rings. The van der Waals surface area contributed by atoms with Crippen LogP contribution >= 0.6 is 0 Å². The van der Waals surface area contributed by atoms with Crippen molar-refractivity contribution in [1.82, 2.24) is 15.1 Å². The summed E-state index contributed by atoms with van der Waals surface area (Å²) in [6.45, 7) is 11.4. The molecule has 0 spiro atoms. The number of rotatable bonds is 12. The van der Waals surface area contributed by atoms with Gasteiger partial charge in [0.15, 0.2) is 5.78 Å². The van der Waals surface area contributed by atoms with Gasteiger partial charge in [-0.3, -0.25) is 9.69 Å². The Morgan fingerprint density at radius 3 is 2.45 bits per heavy atom. The molecule has 1 aromatic heterocycles. The second-order valence-electron chi connectivity index (χ2n) is 8.73. The normalized spacial score (nSPS) is 13.1. The Labute approximate surface area is 194 Å². The van der Waals surface area contributed by atoms with Crippen molar-refractivity contribution in [3.63, 3.8) is 0 Å². The number of nitrogens with zero attached hydrogens (tertiary/aromatic N) is 4. The van der Waals surface area contributed by atoms with Gasteiger partial charge in [0.1, 0.15) is 6.07 Å². The van der Waals surface area contributed by atoms with Crippen LogP contribution in [0.1, 0.15) is 59.3 Å². The minimum Gasteiger partial charge on any atom is -0.465 e. The fourth-order valence-corrected chi connectivity index (χ4v) is 3.72. The van der Waals surface area contributed by atoms with Crippen LogP contribution in [0.5, 0.6) is 0 Å². The number of ketones is 1. The largest absolute Gasteiger partial charge is 0.465 e. The summed E-state index contributed by atoms with van der Waals surface area (Å²) in [5.74, 6) is 0.0604. The molecule has 0 bridgehead atoms. The summed E-state index contributed by atoms with van der Waals surface area (Å²) in [4.78, 5) is 26.7. The average molecular weight is 453 g/mol. The van der Waals surface area contributed by atoms with Gasteiger partial charge in [-0.15, -0.1) is 10.2 Å². The number of hydrogen-bond acceptors (Lipinski definition) is 6. The molecule has 1 N–H and O–H groups in total. The standard InChI is InChI=1S/C25H32N4O4/c1-6-8-14-19(22(30)17(3)16-26)29(24(31)32)20(25(4,5)7-2)15-21-27-28-23(33-21)18-12-10-9-11-13-18/h9-13,19-20H,3,6-8,14-15H2,1-2,4-5H3,(H,31,32)/t19-,20?/m0/s1. The number of carbonyl (C=O) groups excluding carboxylic acids is 1. The molecule has 0 aliphatic heterocycles. The van der Waals surface area contributed by atoms with Crippen LogP contribution in [0.15, 0.2) is 46.9 Å². The summed E-state index contributed by atoms with van der Waals surface area (Å²) in [6.07, 6.45) is 1.28. The van der Waals surface area contributed by atoms with E-state index >= 15 is 0 Å². The van der Waals surface area contributed by atoms with Crippen LogP contribution in [-0.2, 0) is 11.2 Å². The third-order valence-electron chi connectivity index (χ3n) is 6.13. The molecule has 1 heterocycles. The number of nitriles is 1. The number of carbonyl (C=O) groups is 2. The molecule has 0 saturated heterocycles. The van der Waals surface area contributed by atoms with Crippen molar-refractivity contribution in [2.75, 3.05) is 0 Å². The summed E-state index contributed by atoms with van der Waals surface area (Å²) >= 11 is 0. The van der Waals surface area contributed by atoms with E-state index in [1.807, 2.05) is 58.0 Å². The van der Waals surface area contributed by atoms with Crippen molar-refractivity contribution in [1.29, 1.82) is 5.26 Å². The number of unbranched alkanes of at least 4 members (excludes halogenated alkanes) is 1. The Balaban J connectivity index is 2.49. The summed E-state index contributed by atoms with van der Waals surface area (Å²) in [5, 5.41) is 27.7. The topological polar surface area (TPSA) is 120 Å². The van der Waals surface area contributed by atoms with Crippen LogP contribution in [0.3, 0.4) is 0 Å². The zero-order valence-electron chi connectivity index (χ0n) is 19.7. The van der Waals surface area contributed by atoms with E-state index in [0.717, 1.165) is 12.0 Å². The molecule has 0 saturated carbocycles. The van der Waals surface area contributed by atoms with E-state index in [1.165, 1.54) is 4.90 Å². The molecule has 1 aromatic carbocycles. The monoisotopic (exact) mass is 452 g/mol. The smallest absolute Gasteiger partial charge is 0.408 e. The SMILES string of the molecule is C=C(C#N)C(=O)[C@H](CCCC)N(C(=O)O)C(Cc1nnc(-c2ccccc2)o1)C(C)(C)CC. The van der Waals surface area contributed by atoms with Gasteiger partial charge in [-0.2, -0.15) is 5.26 Å². The van der Waals surface area contributed by atoms with Crippen molar-refractivity contribution in [3.8, 4) is 17.5 Å². The molecule has 0 aliphatic rings. The number of Topliss-reactive ketones (excluding diaryl/α,β-unsaturated/α-hetero) is 1. The molecule has 8 nitrogen and oxygen atoms in total. The maximum Gasteiger partial charge on any atom is 0.408 e. The predicted molar refractivity (Wildman–Crippen MR) is 124 cm³/mol. The van der Waals surface area contributed by atoms with Crippen LogP contribution in [0, 0.1) is 16.7 Å². The van der Waals surface area contributed by atoms with Gasteiger partial charge in [0.25, 0.3) is 0 Å². The first-order valence-electron chi connectivity index (χ1n) is 11.2. The van der Waals surface area contributed by atoms with Gasteiger partial charge in [-0.1, -0.05) is 65.3 Å². The molecule has 1 amide bonds. The first kappa shape index (κ1) is 25.8. The van der Waals surface area contributed by atoms with E-state index < -0.39 is 29.4 Å². The van der Waals surface area contributed by atoms with E-state index in [0.29, 0.717) is 25.2 Å². The average Bonchev–Trinajstić information content (AvgIpc) is 3.28. The van der Waals surface area contributed by atoms with Crippen LogP contribution in [0.4, 0.5) is 4.79 Å². The van der Waals surface area contributed by atoms with Gasteiger partial charge in [-0.05, 0) is 30.4 Å². The molecular weight excluding hydrogens is 420 g/mol. The number of hydrogen-bond donors (Lipinski definition) is 1. The van der Waals surface area contributed by atoms with E-state index in [-0.39, 0.29) is 17.9 Å². The van der Waals surface area contributed by atoms with Gasteiger partial charge in [-0.25, -0.2) is 4.79 Å². The number of aromatic nitrogens is 2. The van der Waals surface area contributed by atoms with Crippen LogP contribution in [-0.4, -0.2) is 44.2 Å². The van der Waals surface area contributed by atoms with E-state index in [4.69, 9.17) is 4.42 Å². The van der Waals surface area contributed by atoms with Crippen molar-refractivity contribution in [2.45, 2.75) is 71.9 Å². The Kier molecular flexibility index (Phi) is 8.92. The third-order valence-corrected chi connectivity index (χ3v) is 6.13. The van der Waals surface area contributed by atoms with Gasteiger partial charge in [0.2, 0.25) is 11.8 Å². The second kappa shape index (κ2) is 11.4. The molecule has 8 heteroatoms. The van der Waals surface area contributed by atoms with Gasteiger partial charge in [0.05, 0.1) is 11.6 Å². The first-order valence-corrected chi connectivity index (χ1v) is 11.2. The highest BCUT2D eigenvalue weighted by molar-refractivity contribution is 6.03. The molecule has 0 radical (unpaired) electrons. The molecule has 2 rings (SSSR count). The lowest BCUT2D eigenvalue weighted by atomic mass is 9.78. The number of amides is 1. The molecular formula is C25H32N4O4. The van der Waals surface area contributed by atoms with Crippen LogP contribution in [0.2, 0.25) is 0 Å². The minimum absolute atomic E-state index is 0.141. The second-order valence-corrected chi connectivity index (χ2v) is 8.73. The summed E-state index contributed by atoms with van der Waals surface area (Å²) < 4.78 is 5.86. The Hall–Kier alpha value is -3.47. The van der Waals surface area contributed by atoms with E-state index in [2.05, 4.69) is 16.8 Å². The fourth-order valence-electron chi connectivity index (χ4n) is 3.72. The highest BCUT2D eigenvalue weighted by Crippen LogP contribution is 2.34. The van der Waals surface area contributed by atoms with Gasteiger partial charge in [0, 0.05) is 18.0 Å². The zero-order valence-corrected chi connectivity index (χ0v) is 19.7. The van der Waals surface area contributed by atoms with Crippen molar-refractivity contribution >= 4 is 11.9 Å². The predicted octanol–water partition coefficient (Wildman–Crippen LogP) is 5.27. The number of benzene rings is 1. The minimum atomic E-state index is -1.23. The first-order chi connectivity index (χ1) is 15.7. The lowest BCUT2D eigenvalue weighted by Crippen LogP contribution is -2.56. The van der Waals surface area contributed by atoms with Crippen molar-refractivity contribution < 1.29 is 19.1 Å². The Morgan fingerprint density at radius 2 is 1.91 bits per heavy atom. The van der Waals surface area contributed by atoms with E-state index in [9.17, 15) is 20.0 Å².